The first kappa shape index (κ1) is 17.7. The Bertz CT molecular complexity index is 321. The van der Waals surface area contributed by atoms with Crippen molar-refractivity contribution in [1.29, 1.82) is 0 Å². The predicted molar refractivity (Wildman–Crippen MR) is 79.5 cm³/mol. The summed E-state index contributed by atoms with van der Waals surface area (Å²) in [6.45, 7) is 0. The summed E-state index contributed by atoms with van der Waals surface area (Å²) in [4.78, 5) is 0. The Morgan fingerprint density at radius 1 is 0.600 bits per heavy atom. The smallest absolute Gasteiger partial charge is 0.103 e. The minimum Gasteiger partial charge on any atom is -0.103 e. The Balaban J connectivity index is 0.000000283. The number of rotatable bonds is 0. The van der Waals surface area contributed by atoms with Crippen LogP contribution in [0.4, 0.5) is 0 Å². The molecule has 0 atom stereocenters. The van der Waals surface area contributed by atoms with Crippen LogP contribution in [0.25, 0.3) is 0 Å². The van der Waals surface area contributed by atoms with Crippen LogP contribution < -0.4 is 0 Å². The first-order chi connectivity index (χ1) is 9.47. The van der Waals surface area contributed by atoms with Gasteiger partial charge in [-0.3, -0.25) is 0 Å². The molecule has 3 aliphatic rings. The van der Waals surface area contributed by atoms with E-state index in [0.29, 0.717) is 0 Å². The van der Waals surface area contributed by atoms with Gasteiger partial charge in [-0.2, -0.15) is 0 Å². The quantitative estimate of drug-likeness (QED) is 0.472. The van der Waals surface area contributed by atoms with Gasteiger partial charge in [0.1, 0.15) is 0 Å². The van der Waals surface area contributed by atoms with Gasteiger partial charge in [-0.15, -0.1) is 11.8 Å². The van der Waals surface area contributed by atoms with Gasteiger partial charge in [-0.1, -0.05) is 18.3 Å². The largest absolute Gasteiger partial charge is 2.00 e. The Morgan fingerprint density at radius 3 is 1.50 bits per heavy atom. The molecule has 3 rings (SSSR count). The monoisotopic (exact) mass is 302 g/mol. The molecule has 1 heteroatoms. The predicted octanol–water partition coefficient (Wildman–Crippen LogP) is 3.75. The number of fused-ring (bicyclic) bond motifs is 1. The molecule has 0 aliphatic heterocycles. The molecule has 0 N–H and O–H groups in total. The Kier molecular flexibility index (Phi) is 10.0. The van der Waals surface area contributed by atoms with Crippen molar-refractivity contribution in [1.82, 2.24) is 0 Å². The molecule has 0 amide bonds. The van der Waals surface area contributed by atoms with Gasteiger partial charge in [0, 0.05) is 12.8 Å². The molecule has 0 aromatic heterocycles. The van der Waals surface area contributed by atoms with Gasteiger partial charge in [0.25, 0.3) is 0 Å². The maximum atomic E-state index is 3.21. The van der Waals surface area contributed by atoms with Gasteiger partial charge in [0.15, 0.2) is 0 Å². The third kappa shape index (κ3) is 6.88. The molecule has 0 aromatic carbocycles. The third-order valence-electron chi connectivity index (χ3n) is 2.92. The van der Waals surface area contributed by atoms with E-state index in [1.807, 2.05) is 38.5 Å². The normalized spacial score (nSPS) is 22.6. The van der Waals surface area contributed by atoms with Crippen molar-refractivity contribution in [3.8, 4) is 23.7 Å². The van der Waals surface area contributed by atoms with Crippen LogP contribution in [0.1, 0.15) is 32.1 Å². The van der Waals surface area contributed by atoms with Crippen molar-refractivity contribution < 1.29 is 17.1 Å². The van der Waals surface area contributed by atoms with E-state index in [4.69, 9.17) is 0 Å². The standard InChI is InChI=1S/C14H13.C5H5.Fe/c1-2-4-6-9-13-11-8-12-14(13)10-7-5-3-1;1-2-4-5-3-1;/h8,11-12H,1-5H2;1-5H;/q;;+2. The molecule has 0 aromatic rings. The summed E-state index contributed by atoms with van der Waals surface area (Å²) in [5.41, 5.74) is 0. The molecule has 0 bridgehead atoms. The first-order valence-corrected chi connectivity index (χ1v) is 6.87. The summed E-state index contributed by atoms with van der Waals surface area (Å²) in [6.07, 6.45) is 21.8. The van der Waals surface area contributed by atoms with E-state index in [-0.39, 0.29) is 17.1 Å². The van der Waals surface area contributed by atoms with E-state index in [1.54, 1.807) is 0 Å². The molecule has 3 aliphatic carbocycles. The Morgan fingerprint density at radius 2 is 1.05 bits per heavy atom. The van der Waals surface area contributed by atoms with E-state index >= 15 is 0 Å². The second-order valence-electron chi connectivity index (χ2n) is 4.48. The van der Waals surface area contributed by atoms with Crippen molar-refractivity contribution in [2.24, 2.45) is 0 Å². The number of hydrogen-bond acceptors (Lipinski definition) is 0. The van der Waals surface area contributed by atoms with Crippen molar-refractivity contribution in [2.45, 2.75) is 32.1 Å². The Labute approximate surface area is 136 Å². The van der Waals surface area contributed by atoms with E-state index in [0.717, 1.165) is 24.7 Å². The van der Waals surface area contributed by atoms with Crippen LogP contribution in [-0.2, 0) is 17.1 Å². The molecule has 10 radical (unpaired) electrons. The first-order valence-electron chi connectivity index (χ1n) is 6.87. The zero-order valence-electron chi connectivity index (χ0n) is 11.5. The molecular weight excluding hydrogens is 284 g/mol. The third-order valence-corrected chi connectivity index (χ3v) is 2.92. The van der Waals surface area contributed by atoms with Crippen molar-refractivity contribution in [3.63, 3.8) is 0 Å². The zero-order valence-corrected chi connectivity index (χ0v) is 12.6. The van der Waals surface area contributed by atoms with E-state index in [2.05, 4.69) is 36.5 Å². The molecule has 100 valence electrons. The zero-order chi connectivity index (χ0) is 13.2. The minimum absolute atomic E-state index is 0. The van der Waals surface area contributed by atoms with Gasteiger partial charge in [0.05, 0.1) is 11.8 Å². The molecule has 0 nitrogen and oxygen atoms in total. The van der Waals surface area contributed by atoms with Crippen LogP contribution in [0.3, 0.4) is 0 Å². The maximum absolute atomic E-state index is 3.21. The molecule has 20 heavy (non-hydrogen) atoms. The van der Waals surface area contributed by atoms with Crippen LogP contribution in [0.5, 0.6) is 0 Å². The van der Waals surface area contributed by atoms with Gasteiger partial charge >= 0.3 is 17.1 Å². The van der Waals surface area contributed by atoms with E-state index < -0.39 is 0 Å². The molecule has 0 saturated heterocycles. The topological polar surface area (TPSA) is 0 Å². The molecule has 0 heterocycles. The van der Waals surface area contributed by atoms with Crippen LogP contribution in [0.2, 0.25) is 0 Å². The number of hydrogen-bond donors (Lipinski definition) is 0. The van der Waals surface area contributed by atoms with Crippen LogP contribution in [0, 0.1) is 86.9 Å². The van der Waals surface area contributed by atoms with Crippen molar-refractivity contribution in [2.75, 3.05) is 0 Å². The second kappa shape index (κ2) is 11.3. The summed E-state index contributed by atoms with van der Waals surface area (Å²) in [5.74, 6) is 15.0. The van der Waals surface area contributed by atoms with Crippen molar-refractivity contribution in [3.05, 3.63) is 63.2 Å². The van der Waals surface area contributed by atoms with Crippen molar-refractivity contribution >= 4 is 0 Å². The molecule has 2 fully saturated rings. The Hall–Kier alpha value is -0.361. The summed E-state index contributed by atoms with van der Waals surface area (Å²) < 4.78 is 0. The summed E-state index contributed by atoms with van der Waals surface area (Å²) in [6, 6.07) is 0. The molecule has 0 unspecified atom stereocenters. The van der Waals surface area contributed by atoms with Crippen LogP contribution in [-0.4, -0.2) is 0 Å². The second-order valence-corrected chi connectivity index (χ2v) is 4.48. The fourth-order valence-corrected chi connectivity index (χ4v) is 1.88. The fourth-order valence-electron chi connectivity index (χ4n) is 1.88. The van der Waals surface area contributed by atoms with Gasteiger partial charge in [-0.05, 0) is 64.2 Å². The average molecular weight is 302 g/mol. The maximum Gasteiger partial charge on any atom is 2.00 e. The van der Waals surface area contributed by atoms with Gasteiger partial charge < -0.3 is 0 Å². The average Bonchev–Trinajstić information content (AvgIpc) is 3.10. The van der Waals surface area contributed by atoms with Crippen LogP contribution in [0.15, 0.2) is 0 Å². The van der Waals surface area contributed by atoms with E-state index in [9.17, 15) is 0 Å². The van der Waals surface area contributed by atoms with E-state index in [1.165, 1.54) is 19.3 Å². The minimum atomic E-state index is 0. The molecular formula is C19H18Fe+2. The van der Waals surface area contributed by atoms with Gasteiger partial charge in [0.2, 0.25) is 0 Å². The fraction of sp³-hybridized carbons (Fsp3) is 0.263. The summed E-state index contributed by atoms with van der Waals surface area (Å²) in [7, 11) is 0. The van der Waals surface area contributed by atoms with Crippen LogP contribution >= 0.6 is 0 Å². The summed E-state index contributed by atoms with van der Waals surface area (Å²) in [5, 5.41) is 0. The molecule has 2 saturated carbocycles. The molecule has 0 spiro atoms. The summed E-state index contributed by atoms with van der Waals surface area (Å²) >= 11 is 0. The SMILES string of the molecule is C1#C[C]2[CH][CH][CH][C]2C#CCCCCC1.[CH]1[CH][CH][CH][CH]1.[Fe+2]. The van der Waals surface area contributed by atoms with Gasteiger partial charge in [-0.25, -0.2) is 0 Å².